The van der Waals surface area contributed by atoms with Crippen LogP contribution >= 0.6 is 11.6 Å². The summed E-state index contributed by atoms with van der Waals surface area (Å²) in [5, 5.41) is 4.12. The Bertz CT molecular complexity index is 470. The van der Waals surface area contributed by atoms with Gasteiger partial charge in [0.05, 0.1) is 0 Å². The van der Waals surface area contributed by atoms with Gasteiger partial charge in [-0.3, -0.25) is 4.79 Å². The van der Waals surface area contributed by atoms with E-state index < -0.39 is 0 Å². The van der Waals surface area contributed by atoms with Crippen LogP contribution in [-0.2, 0) is 11.3 Å². The van der Waals surface area contributed by atoms with Crippen molar-refractivity contribution in [2.45, 2.75) is 26.3 Å². The lowest BCUT2D eigenvalue weighted by atomic mass is 9.95. The Morgan fingerprint density at radius 2 is 2.15 bits per heavy atom. The summed E-state index contributed by atoms with van der Waals surface area (Å²) >= 11 is 6.32. The molecule has 1 amide bonds. The maximum absolute atomic E-state index is 11.2. The molecular formula is C15H22ClN3O. The predicted octanol–water partition coefficient (Wildman–Crippen LogP) is 2.15. The molecule has 20 heavy (non-hydrogen) atoms. The summed E-state index contributed by atoms with van der Waals surface area (Å²) in [5.74, 6) is -0.161. The van der Waals surface area contributed by atoms with Crippen molar-refractivity contribution < 1.29 is 4.79 Å². The molecule has 5 heteroatoms. The van der Waals surface area contributed by atoms with Gasteiger partial charge < -0.3 is 16.0 Å². The minimum absolute atomic E-state index is 0.0163. The van der Waals surface area contributed by atoms with Gasteiger partial charge in [-0.2, -0.15) is 0 Å². The molecule has 0 saturated carbocycles. The molecule has 110 valence electrons. The first-order valence-electron chi connectivity index (χ1n) is 7.15. The molecule has 1 fully saturated rings. The molecular weight excluding hydrogens is 274 g/mol. The predicted molar refractivity (Wildman–Crippen MR) is 83.0 cm³/mol. The number of rotatable bonds is 5. The van der Waals surface area contributed by atoms with E-state index in [1.54, 1.807) is 0 Å². The molecule has 1 aromatic rings. The molecule has 0 aromatic heterocycles. The topological polar surface area (TPSA) is 58.4 Å². The van der Waals surface area contributed by atoms with Gasteiger partial charge in [0.1, 0.15) is 0 Å². The Kier molecular flexibility index (Phi) is 5.26. The molecule has 3 N–H and O–H groups in total. The normalized spacial score (nSPS) is 16.4. The Morgan fingerprint density at radius 3 is 2.75 bits per heavy atom. The van der Waals surface area contributed by atoms with Gasteiger partial charge in [-0.15, -0.1) is 0 Å². The Hall–Kier alpha value is -1.26. The SMILES string of the molecule is CCNCc1c(Cl)cccc1N1CCC(C(N)=O)CC1. The van der Waals surface area contributed by atoms with Crippen LogP contribution in [0.1, 0.15) is 25.3 Å². The van der Waals surface area contributed by atoms with Crippen molar-refractivity contribution >= 4 is 23.2 Å². The van der Waals surface area contributed by atoms with Crippen LogP contribution in [0, 0.1) is 5.92 Å². The van der Waals surface area contributed by atoms with Crippen LogP contribution < -0.4 is 16.0 Å². The zero-order valence-electron chi connectivity index (χ0n) is 11.9. The number of carbonyl (C=O) groups is 1. The Labute approximate surface area is 125 Å². The second-order valence-corrected chi connectivity index (χ2v) is 5.59. The van der Waals surface area contributed by atoms with Crippen molar-refractivity contribution in [3.05, 3.63) is 28.8 Å². The van der Waals surface area contributed by atoms with Gasteiger partial charge in [-0.1, -0.05) is 24.6 Å². The Morgan fingerprint density at radius 1 is 1.45 bits per heavy atom. The van der Waals surface area contributed by atoms with Crippen LogP contribution in [0.2, 0.25) is 5.02 Å². The minimum atomic E-state index is -0.177. The fourth-order valence-corrected chi connectivity index (χ4v) is 2.91. The van der Waals surface area contributed by atoms with E-state index in [1.165, 1.54) is 5.69 Å². The van der Waals surface area contributed by atoms with Crippen LogP contribution in [0.15, 0.2) is 18.2 Å². The molecule has 0 unspecified atom stereocenters. The van der Waals surface area contributed by atoms with E-state index in [9.17, 15) is 4.79 Å². The highest BCUT2D eigenvalue weighted by atomic mass is 35.5. The van der Waals surface area contributed by atoms with Crippen LogP contribution in [0.3, 0.4) is 0 Å². The van der Waals surface area contributed by atoms with Crippen LogP contribution in [0.4, 0.5) is 5.69 Å². The number of hydrogen-bond donors (Lipinski definition) is 2. The van der Waals surface area contributed by atoms with Gasteiger partial charge >= 0.3 is 0 Å². The van der Waals surface area contributed by atoms with Crippen molar-refractivity contribution in [3.63, 3.8) is 0 Å². The summed E-state index contributed by atoms with van der Waals surface area (Å²) in [4.78, 5) is 13.5. The summed E-state index contributed by atoms with van der Waals surface area (Å²) < 4.78 is 0. The third kappa shape index (κ3) is 3.44. The molecule has 1 aliphatic rings. The maximum atomic E-state index is 11.2. The van der Waals surface area contributed by atoms with Gasteiger partial charge in [-0.25, -0.2) is 0 Å². The number of halogens is 1. The van der Waals surface area contributed by atoms with Crippen molar-refractivity contribution in [3.8, 4) is 0 Å². The van der Waals surface area contributed by atoms with E-state index in [0.29, 0.717) is 0 Å². The van der Waals surface area contributed by atoms with E-state index in [-0.39, 0.29) is 11.8 Å². The van der Waals surface area contributed by atoms with E-state index in [4.69, 9.17) is 17.3 Å². The largest absolute Gasteiger partial charge is 0.371 e. The number of anilines is 1. The zero-order valence-corrected chi connectivity index (χ0v) is 12.6. The van der Waals surface area contributed by atoms with Crippen LogP contribution in [-0.4, -0.2) is 25.5 Å². The highest BCUT2D eigenvalue weighted by molar-refractivity contribution is 6.31. The molecule has 0 atom stereocenters. The lowest BCUT2D eigenvalue weighted by molar-refractivity contribution is -0.122. The monoisotopic (exact) mass is 295 g/mol. The number of nitrogens with one attached hydrogen (secondary N) is 1. The van der Waals surface area contributed by atoms with Gasteiger partial charge in [0, 0.05) is 41.8 Å². The number of nitrogens with zero attached hydrogens (tertiary/aromatic N) is 1. The second kappa shape index (κ2) is 6.95. The Balaban J connectivity index is 2.13. The zero-order chi connectivity index (χ0) is 14.5. The standard InChI is InChI=1S/C15H22ClN3O/c1-2-18-10-12-13(16)4-3-5-14(12)19-8-6-11(7-9-19)15(17)20/h3-5,11,18H,2,6-10H2,1H3,(H2,17,20). The lowest BCUT2D eigenvalue weighted by Crippen LogP contribution is -2.39. The van der Waals surface area contributed by atoms with Crippen LogP contribution in [0.5, 0.6) is 0 Å². The molecule has 1 heterocycles. The van der Waals surface area contributed by atoms with Gasteiger partial charge in [-0.05, 0) is 31.5 Å². The van der Waals surface area contributed by atoms with Gasteiger partial charge in [0.25, 0.3) is 0 Å². The summed E-state index contributed by atoms with van der Waals surface area (Å²) in [7, 11) is 0. The third-order valence-electron chi connectivity index (χ3n) is 3.88. The molecule has 0 bridgehead atoms. The van der Waals surface area contributed by atoms with Crippen molar-refractivity contribution in [1.29, 1.82) is 0 Å². The number of amides is 1. The molecule has 0 radical (unpaired) electrons. The van der Waals surface area contributed by atoms with Crippen molar-refractivity contribution in [1.82, 2.24) is 5.32 Å². The first-order valence-corrected chi connectivity index (χ1v) is 7.53. The second-order valence-electron chi connectivity index (χ2n) is 5.18. The summed E-state index contributed by atoms with van der Waals surface area (Å²) in [6.07, 6.45) is 1.64. The van der Waals surface area contributed by atoms with Crippen LogP contribution in [0.25, 0.3) is 0 Å². The van der Waals surface area contributed by atoms with Crippen molar-refractivity contribution in [2.24, 2.45) is 11.7 Å². The smallest absolute Gasteiger partial charge is 0.220 e. The number of carbonyl (C=O) groups excluding carboxylic acids is 1. The molecule has 1 aromatic carbocycles. The minimum Gasteiger partial charge on any atom is -0.371 e. The first-order chi connectivity index (χ1) is 9.63. The fraction of sp³-hybridized carbons (Fsp3) is 0.533. The first kappa shape index (κ1) is 15.1. The maximum Gasteiger partial charge on any atom is 0.220 e. The number of benzene rings is 1. The summed E-state index contributed by atoms with van der Waals surface area (Å²) in [5.41, 5.74) is 7.68. The highest BCUT2D eigenvalue weighted by Crippen LogP contribution is 2.30. The van der Waals surface area contributed by atoms with E-state index in [0.717, 1.165) is 49.6 Å². The van der Waals surface area contributed by atoms with E-state index in [2.05, 4.69) is 23.2 Å². The lowest BCUT2D eigenvalue weighted by Gasteiger charge is -2.34. The van der Waals surface area contributed by atoms with Gasteiger partial charge in [0.15, 0.2) is 0 Å². The molecule has 0 aliphatic carbocycles. The molecule has 0 spiro atoms. The van der Waals surface area contributed by atoms with E-state index in [1.807, 2.05) is 12.1 Å². The summed E-state index contributed by atoms with van der Waals surface area (Å²) in [6, 6.07) is 6.00. The molecule has 4 nitrogen and oxygen atoms in total. The van der Waals surface area contributed by atoms with Gasteiger partial charge in [0.2, 0.25) is 5.91 Å². The number of hydrogen-bond acceptors (Lipinski definition) is 3. The molecule has 1 aliphatic heterocycles. The summed E-state index contributed by atoms with van der Waals surface area (Å²) in [6.45, 7) is 5.46. The highest BCUT2D eigenvalue weighted by Gasteiger charge is 2.24. The number of primary amides is 1. The average Bonchev–Trinajstić information content (AvgIpc) is 2.46. The van der Waals surface area contributed by atoms with E-state index >= 15 is 0 Å². The number of piperidine rings is 1. The quantitative estimate of drug-likeness (QED) is 0.875. The molecule has 2 rings (SSSR count). The fourth-order valence-electron chi connectivity index (χ4n) is 2.67. The van der Waals surface area contributed by atoms with Crippen molar-refractivity contribution in [2.75, 3.05) is 24.5 Å². The number of nitrogens with two attached hydrogens (primary N) is 1. The average molecular weight is 296 g/mol. The third-order valence-corrected chi connectivity index (χ3v) is 4.24. The molecule has 1 saturated heterocycles.